The molecule has 0 radical (unpaired) electrons. The van der Waals surface area contributed by atoms with Gasteiger partial charge in [-0.3, -0.25) is 5.43 Å². The van der Waals surface area contributed by atoms with E-state index in [4.69, 9.17) is 0 Å². The standard InChI is InChI=1S/C16H27N7/c1-3-14(12-22(8-1)16-17-5-2-6-18-16)19-9-13-10-20-15-4-7-21-23(15)11-13/h2,5-6,13-15,19-21H,1,3-4,7-12H2. The summed E-state index contributed by atoms with van der Waals surface area (Å²) >= 11 is 0. The number of nitrogens with one attached hydrogen (secondary N) is 3. The van der Waals surface area contributed by atoms with Crippen LogP contribution in [0.5, 0.6) is 0 Å². The summed E-state index contributed by atoms with van der Waals surface area (Å²) in [6, 6.07) is 2.41. The van der Waals surface area contributed by atoms with Crippen LogP contribution in [0.3, 0.4) is 0 Å². The van der Waals surface area contributed by atoms with Crippen molar-refractivity contribution in [2.24, 2.45) is 5.92 Å². The van der Waals surface area contributed by atoms with Crippen molar-refractivity contribution in [1.82, 2.24) is 31.0 Å². The summed E-state index contributed by atoms with van der Waals surface area (Å²) in [5, 5.41) is 9.80. The number of piperidine rings is 1. The fourth-order valence-corrected chi connectivity index (χ4v) is 3.91. The number of hydrazine groups is 1. The number of hydrogen-bond acceptors (Lipinski definition) is 7. The van der Waals surface area contributed by atoms with Gasteiger partial charge in [-0.15, -0.1) is 0 Å². The average Bonchev–Trinajstić information content (AvgIpc) is 3.09. The van der Waals surface area contributed by atoms with Gasteiger partial charge in [-0.05, 0) is 31.2 Å². The molecule has 7 heteroatoms. The molecule has 0 aliphatic carbocycles. The minimum atomic E-state index is 0.539. The van der Waals surface area contributed by atoms with Gasteiger partial charge in [0.1, 0.15) is 0 Å². The van der Waals surface area contributed by atoms with Gasteiger partial charge in [-0.1, -0.05) is 0 Å². The Morgan fingerprint density at radius 3 is 3.04 bits per heavy atom. The fraction of sp³-hybridized carbons (Fsp3) is 0.750. The lowest BCUT2D eigenvalue weighted by atomic mass is 10.0. The van der Waals surface area contributed by atoms with E-state index in [9.17, 15) is 0 Å². The molecule has 3 unspecified atom stereocenters. The zero-order valence-corrected chi connectivity index (χ0v) is 13.6. The Hall–Kier alpha value is -1.28. The first-order valence-corrected chi connectivity index (χ1v) is 8.87. The minimum absolute atomic E-state index is 0.539. The summed E-state index contributed by atoms with van der Waals surface area (Å²) in [6.45, 7) is 6.51. The molecule has 23 heavy (non-hydrogen) atoms. The summed E-state index contributed by atoms with van der Waals surface area (Å²) in [5.74, 6) is 1.53. The van der Waals surface area contributed by atoms with Crippen LogP contribution in [0, 0.1) is 5.92 Å². The smallest absolute Gasteiger partial charge is 0.225 e. The second kappa shape index (κ2) is 7.09. The van der Waals surface area contributed by atoms with Gasteiger partial charge < -0.3 is 15.5 Å². The Kier molecular flexibility index (Phi) is 4.70. The van der Waals surface area contributed by atoms with E-state index >= 15 is 0 Å². The summed E-state index contributed by atoms with van der Waals surface area (Å²) in [4.78, 5) is 11.1. The van der Waals surface area contributed by atoms with Crippen molar-refractivity contribution in [2.75, 3.05) is 44.2 Å². The summed E-state index contributed by atoms with van der Waals surface area (Å²) in [5.41, 5.74) is 3.47. The van der Waals surface area contributed by atoms with Crippen LogP contribution >= 0.6 is 0 Å². The Labute approximate surface area is 137 Å². The van der Waals surface area contributed by atoms with Crippen molar-refractivity contribution in [3.05, 3.63) is 18.5 Å². The monoisotopic (exact) mass is 317 g/mol. The van der Waals surface area contributed by atoms with Gasteiger partial charge in [0.05, 0.1) is 6.17 Å². The molecule has 1 aromatic rings. The molecule has 3 saturated heterocycles. The predicted octanol–water partition coefficient (Wildman–Crippen LogP) is -0.209. The van der Waals surface area contributed by atoms with Crippen LogP contribution < -0.4 is 21.0 Å². The Morgan fingerprint density at radius 2 is 2.13 bits per heavy atom. The third kappa shape index (κ3) is 3.63. The molecule has 126 valence electrons. The fourth-order valence-electron chi connectivity index (χ4n) is 3.91. The van der Waals surface area contributed by atoms with Crippen molar-refractivity contribution in [2.45, 2.75) is 31.5 Å². The van der Waals surface area contributed by atoms with Crippen molar-refractivity contribution in [3.63, 3.8) is 0 Å². The van der Waals surface area contributed by atoms with E-state index in [1.807, 2.05) is 18.5 Å². The van der Waals surface area contributed by atoms with Crippen LogP contribution in [0.2, 0.25) is 0 Å². The molecule has 0 aromatic carbocycles. The van der Waals surface area contributed by atoms with Gasteiger partial charge in [0.2, 0.25) is 5.95 Å². The highest BCUT2D eigenvalue weighted by Gasteiger charge is 2.31. The lowest BCUT2D eigenvalue weighted by Crippen LogP contribution is -2.57. The van der Waals surface area contributed by atoms with Crippen LogP contribution in [0.4, 0.5) is 5.95 Å². The van der Waals surface area contributed by atoms with Crippen LogP contribution in [-0.2, 0) is 0 Å². The second-order valence-corrected chi connectivity index (χ2v) is 6.88. The molecule has 7 nitrogen and oxygen atoms in total. The predicted molar refractivity (Wildman–Crippen MR) is 89.9 cm³/mol. The second-order valence-electron chi connectivity index (χ2n) is 6.88. The third-order valence-electron chi connectivity index (χ3n) is 5.16. The summed E-state index contributed by atoms with van der Waals surface area (Å²) in [7, 11) is 0. The lowest BCUT2D eigenvalue weighted by molar-refractivity contribution is 0.0890. The number of nitrogens with zero attached hydrogens (tertiary/aromatic N) is 4. The number of rotatable bonds is 4. The van der Waals surface area contributed by atoms with Gasteiger partial charge in [0, 0.05) is 57.7 Å². The molecule has 0 bridgehead atoms. The molecule has 3 aliphatic rings. The molecule has 3 N–H and O–H groups in total. The Balaban J connectivity index is 1.26. The van der Waals surface area contributed by atoms with Crippen LogP contribution in [0.1, 0.15) is 19.3 Å². The van der Waals surface area contributed by atoms with Gasteiger partial charge in [0.25, 0.3) is 0 Å². The molecule has 0 amide bonds. The number of anilines is 1. The van der Waals surface area contributed by atoms with Gasteiger partial charge >= 0.3 is 0 Å². The zero-order valence-electron chi connectivity index (χ0n) is 13.6. The number of fused-ring (bicyclic) bond motifs is 1. The van der Waals surface area contributed by atoms with Gasteiger partial charge in [0.15, 0.2) is 0 Å². The van der Waals surface area contributed by atoms with E-state index in [0.717, 1.165) is 45.2 Å². The van der Waals surface area contributed by atoms with Crippen LogP contribution in [0.15, 0.2) is 18.5 Å². The zero-order chi connectivity index (χ0) is 15.5. The van der Waals surface area contributed by atoms with E-state index in [-0.39, 0.29) is 0 Å². The highest BCUT2D eigenvalue weighted by atomic mass is 15.6. The molecule has 3 fully saturated rings. The maximum absolute atomic E-state index is 4.39. The van der Waals surface area contributed by atoms with E-state index < -0.39 is 0 Å². The lowest BCUT2D eigenvalue weighted by Gasteiger charge is -2.37. The van der Waals surface area contributed by atoms with Crippen molar-refractivity contribution < 1.29 is 0 Å². The molecular formula is C16H27N7. The van der Waals surface area contributed by atoms with E-state index in [1.54, 1.807) is 0 Å². The normalized spacial score (nSPS) is 32.0. The van der Waals surface area contributed by atoms with E-state index in [0.29, 0.717) is 18.1 Å². The van der Waals surface area contributed by atoms with E-state index in [2.05, 4.69) is 35.9 Å². The number of hydrogen-bond donors (Lipinski definition) is 3. The topological polar surface area (TPSA) is 68.4 Å². The SMILES string of the molecule is c1cnc(N2CCCC(NCC3CNC4CCNN4C3)C2)nc1. The molecule has 4 heterocycles. The molecule has 3 aliphatic heterocycles. The highest BCUT2D eigenvalue weighted by molar-refractivity contribution is 5.29. The van der Waals surface area contributed by atoms with Crippen LogP contribution in [-0.4, -0.2) is 66.5 Å². The minimum Gasteiger partial charge on any atom is -0.339 e. The average molecular weight is 317 g/mol. The molecular weight excluding hydrogens is 290 g/mol. The first kappa shape index (κ1) is 15.3. The van der Waals surface area contributed by atoms with E-state index in [1.165, 1.54) is 19.3 Å². The Bertz CT molecular complexity index is 496. The van der Waals surface area contributed by atoms with Crippen molar-refractivity contribution in [1.29, 1.82) is 0 Å². The Morgan fingerprint density at radius 1 is 1.22 bits per heavy atom. The summed E-state index contributed by atoms with van der Waals surface area (Å²) < 4.78 is 0. The molecule has 0 saturated carbocycles. The van der Waals surface area contributed by atoms with Gasteiger partial charge in [-0.2, -0.15) is 0 Å². The maximum Gasteiger partial charge on any atom is 0.225 e. The molecule has 0 spiro atoms. The first-order valence-electron chi connectivity index (χ1n) is 8.87. The first-order chi connectivity index (χ1) is 11.4. The van der Waals surface area contributed by atoms with Crippen LogP contribution in [0.25, 0.3) is 0 Å². The van der Waals surface area contributed by atoms with Crippen molar-refractivity contribution in [3.8, 4) is 0 Å². The largest absolute Gasteiger partial charge is 0.339 e. The van der Waals surface area contributed by atoms with Crippen molar-refractivity contribution >= 4 is 5.95 Å². The molecule has 1 aromatic heterocycles. The maximum atomic E-state index is 4.39. The number of aromatic nitrogens is 2. The molecule has 3 atom stereocenters. The van der Waals surface area contributed by atoms with Gasteiger partial charge in [-0.25, -0.2) is 15.0 Å². The quantitative estimate of drug-likeness (QED) is 0.710. The third-order valence-corrected chi connectivity index (χ3v) is 5.16. The highest BCUT2D eigenvalue weighted by Crippen LogP contribution is 2.17. The summed E-state index contributed by atoms with van der Waals surface area (Å²) in [6.07, 6.45) is 7.86. The molecule has 4 rings (SSSR count).